The molecule has 0 amide bonds. The fourth-order valence-electron chi connectivity index (χ4n) is 6.06. The van der Waals surface area contributed by atoms with E-state index < -0.39 is 0 Å². The van der Waals surface area contributed by atoms with Crippen LogP contribution in [-0.2, 0) is 12.8 Å². The van der Waals surface area contributed by atoms with Gasteiger partial charge in [0.05, 0.1) is 0 Å². The maximum Gasteiger partial charge on any atom is 0.136 e. The number of aryl methyl sites for hydroxylation is 2. The highest BCUT2D eigenvalue weighted by atomic mass is 16.3. The Kier molecular flexibility index (Phi) is 7.40. The molecule has 0 unspecified atom stereocenters. The van der Waals surface area contributed by atoms with Crippen molar-refractivity contribution < 1.29 is 8.83 Å². The topological polar surface area (TPSA) is 26.3 Å². The van der Waals surface area contributed by atoms with Gasteiger partial charge in [0.25, 0.3) is 0 Å². The lowest BCUT2D eigenvalue weighted by Crippen LogP contribution is -1.86. The van der Waals surface area contributed by atoms with Crippen molar-refractivity contribution in [3.63, 3.8) is 0 Å². The van der Waals surface area contributed by atoms with Crippen molar-refractivity contribution in [1.82, 2.24) is 0 Å². The molecule has 0 saturated carbocycles. The molecule has 38 heavy (non-hydrogen) atoms. The predicted octanol–water partition coefficient (Wildman–Crippen LogP) is 11.7. The SMILES string of the molecule is CCCCCCCc1ccc2cc3oc4cc5c(cc4c3cc2c1)oc1cc(CCCCCCC)ccc15. The van der Waals surface area contributed by atoms with E-state index in [0.717, 1.165) is 45.9 Å². The van der Waals surface area contributed by atoms with E-state index in [9.17, 15) is 0 Å². The van der Waals surface area contributed by atoms with Gasteiger partial charge in [-0.15, -0.1) is 0 Å². The molecule has 0 saturated heterocycles. The van der Waals surface area contributed by atoms with Gasteiger partial charge in [0, 0.05) is 21.5 Å². The standard InChI is InChI=1S/C36H40O2/c1-3-5-7-9-11-13-25-15-17-27-22-34-30(21-28(27)19-25)32-24-35-31(23-36(32)38-34)29-18-16-26(20-33(29)37-35)14-12-10-8-6-4-2/h15-24H,3-14H2,1-2H3. The van der Waals surface area contributed by atoms with E-state index >= 15 is 0 Å². The first kappa shape index (κ1) is 25.0. The minimum Gasteiger partial charge on any atom is -0.456 e. The smallest absolute Gasteiger partial charge is 0.136 e. The predicted molar refractivity (Wildman–Crippen MR) is 163 cm³/mol. The van der Waals surface area contributed by atoms with Gasteiger partial charge >= 0.3 is 0 Å². The third-order valence-electron chi connectivity index (χ3n) is 8.29. The van der Waals surface area contributed by atoms with E-state index in [1.54, 1.807) is 0 Å². The molecule has 6 rings (SSSR count). The highest BCUT2D eigenvalue weighted by Gasteiger charge is 2.14. The van der Waals surface area contributed by atoms with Crippen LogP contribution in [0.15, 0.2) is 69.5 Å². The van der Waals surface area contributed by atoms with Gasteiger partial charge in [-0.2, -0.15) is 0 Å². The Morgan fingerprint density at radius 3 is 1.63 bits per heavy atom. The highest BCUT2D eigenvalue weighted by Crippen LogP contribution is 2.38. The van der Waals surface area contributed by atoms with Crippen molar-refractivity contribution >= 4 is 54.6 Å². The summed E-state index contributed by atoms with van der Waals surface area (Å²) < 4.78 is 12.8. The average molecular weight is 505 g/mol. The fourth-order valence-corrected chi connectivity index (χ4v) is 6.06. The minimum absolute atomic E-state index is 0.932. The van der Waals surface area contributed by atoms with Crippen LogP contribution < -0.4 is 0 Å². The van der Waals surface area contributed by atoms with E-state index in [4.69, 9.17) is 8.83 Å². The van der Waals surface area contributed by atoms with Crippen LogP contribution in [0.2, 0.25) is 0 Å². The monoisotopic (exact) mass is 504 g/mol. The van der Waals surface area contributed by atoms with Gasteiger partial charge in [-0.25, -0.2) is 0 Å². The second kappa shape index (κ2) is 11.2. The average Bonchev–Trinajstić information content (AvgIpc) is 3.46. The Balaban J connectivity index is 1.30. The van der Waals surface area contributed by atoms with Crippen LogP contribution in [0.1, 0.15) is 89.2 Å². The summed E-state index contributed by atoms with van der Waals surface area (Å²) in [6.45, 7) is 4.54. The first-order valence-electron chi connectivity index (χ1n) is 15.0. The first-order chi connectivity index (χ1) is 18.7. The zero-order chi connectivity index (χ0) is 25.9. The number of hydrogen-bond donors (Lipinski definition) is 0. The second-order valence-corrected chi connectivity index (χ2v) is 11.2. The molecule has 2 nitrogen and oxygen atoms in total. The van der Waals surface area contributed by atoms with Crippen molar-refractivity contribution in [3.05, 3.63) is 71.8 Å². The van der Waals surface area contributed by atoms with Crippen LogP contribution in [0.3, 0.4) is 0 Å². The third kappa shape index (κ3) is 5.06. The maximum absolute atomic E-state index is 6.40. The molecule has 0 N–H and O–H groups in total. The van der Waals surface area contributed by atoms with Gasteiger partial charge in [0.2, 0.25) is 0 Å². The summed E-state index contributed by atoms with van der Waals surface area (Å²) in [6, 6.07) is 22.5. The number of furan rings is 2. The van der Waals surface area contributed by atoms with Crippen LogP contribution in [0, 0.1) is 0 Å². The Morgan fingerprint density at radius 2 is 0.947 bits per heavy atom. The number of benzene rings is 4. The largest absolute Gasteiger partial charge is 0.456 e. The molecule has 0 aliphatic heterocycles. The summed E-state index contributed by atoms with van der Waals surface area (Å²) in [5.74, 6) is 0. The van der Waals surface area contributed by atoms with E-state index in [2.05, 4.69) is 74.5 Å². The molecule has 4 aromatic carbocycles. The summed E-state index contributed by atoms with van der Waals surface area (Å²) in [5.41, 5.74) is 6.61. The van der Waals surface area contributed by atoms with E-state index in [1.165, 1.54) is 96.9 Å². The normalized spacial score (nSPS) is 12.2. The summed E-state index contributed by atoms with van der Waals surface area (Å²) in [5, 5.41) is 7.14. The molecule has 6 aromatic rings. The van der Waals surface area contributed by atoms with Crippen molar-refractivity contribution in [2.24, 2.45) is 0 Å². The fraction of sp³-hybridized carbons (Fsp3) is 0.389. The van der Waals surface area contributed by atoms with Gasteiger partial charge in [0.1, 0.15) is 22.3 Å². The lowest BCUT2D eigenvalue weighted by atomic mass is 10.00. The van der Waals surface area contributed by atoms with Gasteiger partial charge in [-0.3, -0.25) is 0 Å². The van der Waals surface area contributed by atoms with Crippen LogP contribution in [-0.4, -0.2) is 0 Å². The van der Waals surface area contributed by atoms with Gasteiger partial charge in [-0.1, -0.05) is 95.5 Å². The Labute approximate surface area is 226 Å². The molecule has 0 radical (unpaired) electrons. The summed E-state index contributed by atoms with van der Waals surface area (Å²) in [7, 11) is 0. The molecule has 0 atom stereocenters. The van der Waals surface area contributed by atoms with Crippen LogP contribution in [0.25, 0.3) is 54.6 Å². The molecular formula is C36H40O2. The molecule has 0 fully saturated rings. The number of unbranched alkanes of at least 4 members (excludes halogenated alkanes) is 8. The zero-order valence-electron chi connectivity index (χ0n) is 23.1. The molecule has 196 valence electrons. The van der Waals surface area contributed by atoms with E-state index in [1.807, 2.05) is 0 Å². The van der Waals surface area contributed by atoms with Gasteiger partial charge in [0.15, 0.2) is 0 Å². The van der Waals surface area contributed by atoms with Crippen LogP contribution in [0.4, 0.5) is 0 Å². The molecule has 0 spiro atoms. The lowest BCUT2D eigenvalue weighted by molar-refractivity contribution is 0.631. The minimum atomic E-state index is 0.932. The van der Waals surface area contributed by atoms with Gasteiger partial charge in [-0.05, 0) is 77.9 Å². The number of rotatable bonds is 12. The van der Waals surface area contributed by atoms with Crippen molar-refractivity contribution in [1.29, 1.82) is 0 Å². The second-order valence-electron chi connectivity index (χ2n) is 11.2. The first-order valence-corrected chi connectivity index (χ1v) is 15.0. The van der Waals surface area contributed by atoms with E-state index in [-0.39, 0.29) is 0 Å². The summed E-state index contributed by atoms with van der Waals surface area (Å²) in [4.78, 5) is 0. The van der Waals surface area contributed by atoms with Crippen LogP contribution in [0.5, 0.6) is 0 Å². The number of hydrogen-bond acceptors (Lipinski definition) is 2. The molecule has 2 heteroatoms. The summed E-state index contributed by atoms with van der Waals surface area (Å²) in [6.07, 6.45) is 15.4. The molecule has 2 aromatic heterocycles. The molecule has 0 aliphatic rings. The zero-order valence-corrected chi connectivity index (χ0v) is 23.1. The molecular weight excluding hydrogens is 464 g/mol. The highest BCUT2D eigenvalue weighted by molar-refractivity contribution is 6.16. The molecule has 2 heterocycles. The van der Waals surface area contributed by atoms with Crippen molar-refractivity contribution in [3.8, 4) is 0 Å². The maximum atomic E-state index is 6.40. The Morgan fingerprint density at radius 1 is 0.421 bits per heavy atom. The van der Waals surface area contributed by atoms with Crippen molar-refractivity contribution in [2.75, 3.05) is 0 Å². The Bertz CT molecular complexity index is 1700. The molecule has 0 aliphatic carbocycles. The lowest BCUT2D eigenvalue weighted by Gasteiger charge is -2.04. The third-order valence-corrected chi connectivity index (χ3v) is 8.29. The quantitative estimate of drug-likeness (QED) is 0.155. The number of fused-ring (bicyclic) bond motifs is 7. The summed E-state index contributed by atoms with van der Waals surface area (Å²) >= 11 is 0. The van der Waals surface area contributed by atoms with Crippen LogP contribution >= 0.6 is 0 Å². The van der Waals surface area contributed by atoms with E-state index in [0.29, 0.717) is 0 Å². The Hall–Kier alpha value is -3.26. The molecule has 0 bridgehead atoms. The van der Waals surface area contributed by atoms with Gasteiger partial charge < -0.3 is 8.83 Å². The van der Waals surface area contributed by atoms with Crippen molar-refractivity contribution in [2.45, 2.75) is 90.9 Å².